The molecule has 1 heteroatoms. The van der Waals surface area contributed by atoms with E-state index in [1.54, 1.807) is 5.57 Å². The average molecular weight is 291 g/mol. The second-order valence-corrected chi connectivity index (χ2v) is 6.36. The largest absolute Gasteiger partial charge is 0.297 e. The SMILES string of the molecule is C[C@@H]1C(=C(c2ccccc2)c2ccccc2)CC[C@H](C)N1C. The molecule has 22 heavy (non-hydrogen) atoms. The number of rotatable bonds is 2. The lowest BCUT2D eigenvalue weighted by Crippen LogP contribution is -2.42. The molecule has 0 bridgehead atoms. The van der Waals surface area contributed by atoms with E-state index >= 15 is 0 Å². The maximum atomic E-state index is 2.50. The first kappa shape index (κ1) is 15.1. The summed E-state index contributed by atoms with van der Waals surface area (Å²) >= 11 is 0. The normalized spacial score (nSPS) is 22.6. The molecule has 0 unspecified atom stereocenters. The Morgan fingerprint density at radius 3 is 1.86 bits per heavy atom. The third-order valence-electron chi connectivity index (χ3n) is 5.09. The fourth-order valence-corrected chi connectivity index (χ4v) is 3.49. The van der Waals surface area contributed by atoms with Gasteiger partial charge in [-0.3, -0.25) is 4.90 Å². The maximum Gasteiger partial charge on any atom is 0.0288 e. The predicted octanol–water partition coefficient (Wildman–Crippen LogP) is 4.99. The van der Waals surface area contributed by atoms with Crippen LogP contribution >= 0.6 is 0 Å². The van der Waals surface area contributed by atoms with E-state index in [9.17, 15) is 0 Å². The van der Waals surface area contributed by atoms with Gasteiger partial charge in [-0.1, -0.05) is 60.7 Å². The fraction of sp³-hybridized carbons (Fsp3) is 0.333. The van der Waals surface area contributed by atoms with E-state index in [0.717, 1.165) is 0 Å². The fourth-order valence-electron chi connectivity index (χ4n) is 3.49. The molecule has 0 spiro atoms. The van der Waals surface area contributed by atoms with E-state index in [-0.39, 0.29) is 0 Å². The van der Waals surface area contributed by atoms with Crippen molar-refractivity contribution in [3.05, 3.63) is 77.4 Å². The van der Waals surface area contributed by atoms with Crippen LogP contribution in [0.3, 0.4) is 0 Å². The Labute approximate surface area is 134 Å². The van der Waals surface area contributed by atoms with Crippen molar-refractivity contribution in [2.45, 2.75) is 38.8 Å². The molecule has 3 rings (SSSR count). The van der Waals surface area contributed by atoms with E-state index in [0.29, 0.717) is 12.1 Å². The number of hydrogen-bond acceptors (Lipinski definition) is 1. The minimum atomic E-state index is 0.485. The Morgan fingerprint density at radius 1 is 0.864 bits per heavy atom. The number of benzene rings is 2. The van der Waals surface area contributed by atoms with Crippen LogP contribution in [0.2, 0.25) is 0 Å². The third-order valence-corrected chi connectivity index (χ3v) is 5.09. The van der Waals surface area contributed by atoms with E-state index in [1.807, 2.05) is 0 Å². The Hall–Kier alpha value is -1.86. The van der Waals surface area contributed by atoms with E-state index < -0.39 is 0 Å². The van der Waals surface area contributed by atoms with Crippen LogP contribution in [-0.4, -0.2) is 24.0 Å². The maximum absolute atomic E-state index is 2.50. The molecule has 1 aliphatic heterocycles. The summed E-state index contributed by atoms with van der Waals surface area (Å²) in [6.45, 7) is 4.68. The number of likely N-dealkylation sites (N-methyl/N-ethyl adjacent to an activating group) is 1. The van der Waals surface area contributed by atoms with Crippen molar-refractivity contribution >= 4 is 5.57 Å². The molecule has 0 N–H and O–H groups in total. The van der Waals surface area contributed by atoms with E-state index in [4.69, 9.17) is 0 Å². The molecule has 1 heterocycles. The molecular weight excluding hydrogens is 266 g/mol. The second kappa shape index (κ2) is 6.50. The van der Waals surface area contributed by atoms with Gasteiger partial charge in [0, 0.05) is 12.1 Å². The van der Waals surface area contributed by atoms with Crippen LogP contribution in [0.25, 0.3) is 5.57 Å². The van der Waals surface area contributed by atoms with Crippen LogP contribution in [0.1, 0.15) is 37.8 Å². The summed E-state index contributed by atoms with van der Waals surface area (Å²) in [6, 6.07) is 22.8. The standard InChI is InChI=1S/C21H25N/c1-16-14-15-20(17(2)22(16)3)21(18-10-6-4-7-11-18)19-12-8-5-9-13-19/h4-13,16-17H,14-15H2,1-3H3/t16-,17+/m0/s1. The summed E-state index contributed by atoms with van der Waals surface area (Å²) in [5.41, 5.74) is 5.66. The van der Waals surface area contributed by atoms with Crippen LogP contribution < -0.4 is 0 Å². The van der Waals surface area contributed by atoms with Gasteiger partial charge in [0.05, 0.1) is 0 Å². The average Bonchev–Trinajstić information content (AvgIpc) is 2.57. The molecule has 0 aromatic heterocycles. The molecule has 0 amide bonds. The lowest BCUT2D eigenvalue weighted by atomic mass is 9.84. The van der Waals surface area contributed by atoms with Crippen molar-refractivity contribution in [2.24, 2.45) is 0 Å². The molecule has 1 aliphatic rings. The minimum absolute atomic E-state index is 0.485. The van der Waals surface area contributed by atoms with Crippen molar-refractivity contribution in [1.29, 1.82) is 0 Å². The monoisotopic (exact) mass is 291 g/mol. The Balaban J connectivity index is 2.16. The highest BCUT2D eigenvalue weighted by molar-refractivity contribution is 5.82. The summed E-state index contributed by atoms with van der Waals surface area (Å²) in [7, 11) is 2.25. The van der Waals surface area contributed by atoms with Gasteiger partial charge in [-0.15, -0.1) is 0 Å². The third kappa shape index (κ3) is 2.86. The molecule has 114 valence electrons. The van der Waals surface area contributed by atoms with E-state index in [1.165, 1.54) is 29.5 Å². The molecule has 1 nitrogen and oxygen atoms in total. The van der Waals surface area contributed by atoms with Gasteiger partial charge in [-0.2, -0.15) is 0 Å². The Kier molecular flexibility index (Phi) is 4.44. The lowest BCUT2D eigenvalue weighted by Gasteiger charge is -2.39. The number of piperidine rings is 1. The van der Waals surface area contributed by atoms with Gasteiger partial charge in [0.15, 0.2) is 0 Å². The summed E-state index contributed by atoms with van der Waals surface area (Å²) in [5, 5.41) is 0. The van der Waals surface area contributed by atoms with Gasteiger partial charge in [0.25, 0.3) is 0 Å². The smallest absolute Gasteiger partial charge is 0.0288 e. The van der Waals surface area contributed by atoms with Crippen molar-refractivity contribution in [1.82, 2.24) is 4.90 Å². The molecule has 0 aliphatic carbocycles. The van der Waals surface area contributed by atoms with Gasteiger partial charge in [0.1, 0.15) is 0 Å². The molecular formula is C21H25N. The van der Waals surface area contributed by atoms with Gasteiger partial charge in [0.2, 0.25) is 0 Å². The molecule has 1 saturated heterocycles. The second-order valence-electron chi connectivity index (χ2n) is 6.36. The summed E-state index contributed by atoms with van der Waals surface area (Å²) in [6.07, 6.45) is 2.42. The Bertz CT molecular complexity index is 601. The van der Waals surface area contributed by atoms with Gasteiger partial charge >= 0.3 is 0 Å². The Morgan fingerprint density at radius 2 is 1.36 bits per heavy atom. The minimum Gasteiger partial charge on any atom is -0.297 e. The first-order chi connectivity index (χ1) is 10.7. The molecule has 0 saturated carbocycles. The number of hydrogen-bond donors (Lipinski definition) is 0. The van der Waals surface area contributed by atoms with Crippen molar-refractivity contribution in [2.75, 3.05) is 7.05 Å². The van der Waals surface area contributed by atoms with Gasteiger partial charge in [-0.05, 0) is 56.0 Å². The summed E-state index contributed by atoms with van der Waals surface area (Å²) < 4.78 is 0. The highest BCUT2D eigenvalue weighted by Crippen LogP contribution is 2.35. The van der Waals surface area contributed by atoms with Crippen LogP contribution in [0.4, 0.5) is 0 Å². The van der Waals surface area contributed by atoms with Crippen LogP contribution in [0.15, 0.2) is 66.2 Å². The quantitative estimate of drug-likeness (QED) is 0.753. The van der Waals surface area contributed by atoms with Crippen LogP contribution in [0, 0.1) is 0 Å². The zero-order valence-electron chi connectivity index (χ0n) is 13.8. The van der Waals surface area contributed by atoms with Crippen LogP contribution in [-0.2, 0) is 0 Å². The molecule has 2 aromatic rings. The van der Waals surface area contributed by atoms with Gasteiger partial charge < -0.3 is 0 Å². The van der Waals surface area contributed by atoms with E-state index in [2.05, 4.69) is 86.5 Å². The summed E-state index contributed by atoms with van der Waals surface area (Å²) in [4.78, 5) is 2.50. The molecule has 2 atom stereocenters. The number of nitrogens with zero attached hydrogens (tertiary/aromatic N) is 1. The van der Waals surface area contributed by atoms with Crippen molar-refractivity contribution < 1.29 is 0 Å². The first-order valence-corrected chi connectivity index (χ1v) is 8.24. The zero-order valence-corrected chi connectivity index (χ0v) is 13.8. The highest BCUT2D eigenvalue weighted by Gasteiger charge is 2.28. The zero-order chi connectivity index (χ0) is 15.5. The van der Waals surface area contributed by atoms with Gasteiger partial charge in [-0.25, -0.2) is 0 Å². The van der Waals surface area contributed by atoms with Crippen LogP contribution in [0.5, 0.6) is 0 Å². The highest BCUT2D eigenvalue weighted by atomic mass is 15.2. The lowest BCUT2D eigenvalue weighted by molar-refractivity contribution is 0.179. The topological polar surface area (TPSA) is 3.24 Å². The molecule has 2 aromatic carbocycles. The van der Waals surface area contributed by atoms with Crippen molar-refractivity contribution in [3.8, 4) is 0 Å². The summed E-state index contributed by atoms with van der Waals surface area (Å²) in [5.74, 6) is 0. The molecule has 1 fully saturated rings. The molecule has 0 radical (unpaired) electrons. The predicted molar refractivity (Wildman–Crippen MR) is 94.8 cm³/mol. The number of likely N-dealkylation sites (tertiary alicyclic amines) is 1. The first-order valence-electron chi connectivity index (χ1n) is 8.24. The van der Waals surface area contributed by atoms with Crippen molar-refractivity contribution in [3.63, 3.8) is 0 Å².